The Morgan fingerprint density at radius 3 is 2.78 bits per heavy atom. The van der Waals surface area contributed by atoms with Crippen LogP contribution in [0.5, 0.6) is 0 Å². The van der Waals surface area contributed by atoms with E-state index in [9.17, 15) is 4.79 Å². The molecule has 0 aliphatic heterocycles. The standard InChI is InChI=1S/C20H18N6O/c1-26-13-16(12-23-26)19-15(8-5-9-21-19)11-22-20(27)18-10-17(24-25-18)14-6-3-2-4-7-14/h2-10,12-13H,11H2,1H3,(H,22,27)(H,24,25). The van der Waals surface area contributed by atoms with E-state index in [4.69, 9.17) is 0 Å². The highest BCUT2D eigenvalue weighted by atomic mass is 16.1. The molecule has 0 radical (unpaired) electrons. The Morgan fingerprint density at radius 2 is 2.00 bits per heavy atom. The number of nitrogens with zero attached hydrogens (tertiary/aromatic N) is 4. The third kappa shape index (κ3) is 3.62. The lowest BCUT2D eigenvalue weighted by molar-refractivity contribution is 0.0946. The molecule has 0 atom stereocenters. The maximum Gasteiger partial charge on any atom is 0.269 e. The summed E-state index contributed by atoms with van der Waals surface area (Å²) in [5.41, 5.74) is 4.75. The summed E-state index contributed by atoms with van der Waals surface area (Å²) in [6.45, 7) is 0.358. The van der Waals surface area contributed by atoms with Crippen LogP contribution in [0.3, 0.4) is 0 Å². The number of hydrogen-bond donors (Lipinski definition) is 2. The summed E-state index contributed by atoms with van der Waals surface area (Å²) in [6, 6.07) is 15.3. The van der Waals surface area contributed by atoms with Gasteiger partial charge >= 0.3 is 0 Å². The van der Waals surface area contributed by atoms with Crippen LogP contribution in [-0.4, -0.2) is 30.9 Å². The van der Waals surface area contributed by atoms with Crippen LogP contribution in [0.15, 0.2) is 67.1 Å². The van der Waals surface area contributed by atoms with Gasteiger partial charge in [0.2, 0.25) is 0 Å². The number of benzene rings is 1. The molecule has 7 nitrogen and oxygen atoms in total. The Morgan fingerprint density at radius 1 is 1.15 bits per heavy atom. The highest BCUT2D eigenvalue weighted by molar-refractivity contribution is 5.93. The smallest absolute Gasteiger partial charge is 0.269 e. The van der Waals surface area contributed by atoms with Crippen LogP contribution in [-0.2, 0) is 13.6 Å². The van der Waals surface area contributed by atoms with E-state index >= 15 is 0 Å². The number of carbonyl (C=O) groups excluding carboxylic acids is 1. The lowest BCUT2D eigenvalue weighted by Gasteiger charge is -2.08. The number of rotatable bonds is 5. The van der Waals surface area contributed by atoms with Gasteiger partial charge in [-0.1, -0.05) is 36.4 Å². The summed E-state index contributed by atoms with van der Waals surface area (Å²) in [6.07, 6.45) is 5.39. The third-order valence-electron chi connectivity index (χ3n) is 4.20. The number of H-pyrrole nitrogens is 1. The average Bonchev–Trinajstić information content (AvgIpc) is 3.36. The Hall–Kier alpha value is -3.74. The molecular weight excluding hydrogens is 340 g/mol. The lowest BCUT2D eigenvalue weighted by atomic mass is 10.1. The van der Waals surface area contributed by atoms with Crippen molar-refractivity contribution >= 4 is 5.91 Å². The molecular formula is C20H18N6O. The van der Waals surface area contributed by atoms with Gasteiger partial charge in [0.05, 0.1) is 17.6 Å². The molecule has 1 aromatic carbocycles. The molecule has 0 aliphatic carbocycles. The van der Waals surface area contributed by atoms with Gasteiger partial charge < -0.3 is 5.32 Å². The first kappa shape index (κ1) is 16.7. The first-order valence-electron chi connectivity index (χ1n) is 8.52. The molecule has 4 rings (SSSR count). The number of pyridine rings is 1. The summed E-state index contributed by atoms with van der Waals surface area (Å²) >= 11 is 0. The molecule has 0 unspecified atom stereocenters. The van der Waals surface area contributed by atoms with Crippen LogP contribution < -0.4 is 5.32 Å². The predicted molar refractivity (Wildman–Crippen MR) is 102 cm³/mol. The third-order valence-corrected chi connectivity index (χ3v) is 4.20. The van der Waals surface area contributed by atoms with Crippen molar-refractivity contribution in [3.63, 3.8) is 0 Å². The average molecular weight is 358 g/mol. The minimum atomic E-state index is -0.217. The normalized spacial score (nSPS) is 10.7. The van der Waals surface area contributed by atoms with E-state index in [0.717, 1.165) is 28.1 Å². The van der Waals surface area contributed by atoms with E-state index in [1.807, 2.05) is 55.7 Å². The number of nitrogens with one attached hydrogen (secondary N) is 2. The van der Waals surface area contributed by atoms with Crippen LogP contribution in [0.25, 0.3) is 22.5 Å². The van der Waals surface area contributed by atoms with Gasteiger partial charge in [-0.15, -0.1) is 0 Å². The summed E-state index contributed by atoms with van der Waals surface area (Å²) < 4.78 is 1.72. The van der Waals surface area contributed by atoms with E-state index < -0.39 is 0 Å². The number of carbonyl (C=O) groups is 1. The second kappa shape index (κ2) is 7.25. The van der Waals surface area contributed by atoms with Crippen molar-refractivity contribution in [1.82, 2.24) is 30.3 Å². The fraction of sp³-hybridized carbons (Fsp3) is 0.100. The first-order chi connectivity index (χ1) is 13.2. The fourth-order valence-corrected chi connectivity index (χ4v) is 2.85. The van der Waals surface area contributed by atoms with Crippen molar-refractivity contribution in [3.05, 3.63) is 78.4 Å². The molecule has 3 aromatic heterocycles. The van der Waals surface area contributed by atoms with Gasteiger partial charge in [-0.2, -0.15) is 10.2 Å². The first-order valence-corrected chi connectivity index (χ1v) is 8.52. The van der Waals surface area contributed by atoms with Crippen molar-refractivity contribution in [2.45, 2.75) is 6.54 Å². The molecule has 4 aromatic rings. The maximum atomic E-state index is 12.5. The number of aromatic amines is 1. The van der Waals surface area contributed by atoms with Crippen molar-refractivity contribution in [3.8, 4) is 22.5 Å². The number of aromatic nitrogens is 5. The summed E-state index contributed by atoms with van der Waals surface area (Å²) in [4.78, 5) is 16.9. The second-order valence-corrected chi connectivity index (χ2v) is 6.13. The van der Waals surface area contributed by atoms with Gasteiger partial charge in [0, 0.05) is 37.1 Å². The quantitative estimate of drug-likeness (QED) is 0.574. The summed E-state index contributed by atoms with van der Waals surface area (Å²) in [5, 5.41) is 14.1. The SMILES string of the molecule is Cn1cc(-c2ncccc2CNC(=O)c2cc(-c3ccccc3)n[nH]2)cn1. The number of hydrogen-bond acceptors (Lipinski definition) is 4. The largest absolute Gasteiger partial charge is 0.347 e. The Kier molecular flexibility index (Phi) is 4.49. The van der Waals surface area contributed by atoms with Gasteiger partial charge in [0.1, 0.15) is 5.69 Å². The van der Waals surface area contributed by atoms with Crippen LogP contribution in [0, 0.1) is 0 Å². The second-order valence-electron chi connectivity index (χ2n) is 6.13. The van der Waals surface area contributed by atoms with Crippen LogP contribution in [0.1, 0.15) is 16.1 Å². The minimum Gasteiger partial charge on any atom is -0.347 e. The Balaban J connectivity index is 1.48. The Labute approximate surface area is 156 Å². The van der Waals surface area contributed by atoms with E-state index in [1.54, 1.807) is 23.1 Å². The van der Waals surface area contributed by atoms with E-state index in [-0.39, 0.29) is 5.91 Å². The van der Waals surface area contributed by atoms with Crippen LogP contribution in [0.2, 0.25) is 0 Å². The molecule has 1 amide bonds. The number of amides is 1. The van der Waals surface area contributed by atoms with Gasteiger partial charge in [-0.05, 0) is 17.7 Å². The minimum absolute atomic E-state index is 0.217. The van der Waals surface area contributed by atoms with Crippen LogP contribution in [0.4, 0.5) is 0 Å². The molecule has 134 valence electrons. The predicted octanol–water partition coefficient (Wildman–Crippen LogP) is 2.80. The molecule has 3 heterocycles. The molecule has 0 bridgehead atoms. The zero-order valence-corrected chi connectivity index (χ0v) is 14.8. The van der Waals surface area contributed by atoms with Gasteiger partial charge in [-0.3, -0.25) is 19.6 Å². The monoisotopic (exact) mass is 358 g/mol. The van der Waals surface area contributed by atoms with E-state index in [1.165, 1.54) is 0 Å². The molecule has 0 fully saturated rings. The van der Waals surface area contributed by atoms with Gasteiger partial charge in [0.15, 0.2) is 0 Å². The summed E-state index contributed by atoms with van der Waals surface area (Å²) in [5.74, 6) is -0.217. The zero-order valence-electron chi connectivity index (χ0n) is 14.8. The van der Waals surface area contributed by atoms with Gasteiger partial charge in [0.25, 0.3) is 5.91 Å². The van der Waals surface area contributed by atoms with Crippen molar-refractivity contribution in [2.75, 3.05) is 0 Å². The van der Waals surface area contributed by atoms with Crippen molar-refractivity contribution < 1.29 is 4.79 Å². The maximum absolute atomic E-state index is 12.5. The lowest BCUT2D eigenvalue weighted by Crippen LogP contribution is -2.23. The highest BCUT2D eigenvalue weighted by Crippen LogP contribution is 2.20. The fourth-order valence-electron chi connectivity index (χ4n) is 2.85. The van der Waals surface area contributed by atoms with Crippen molar-refractivity contribution in [2.24, 2.45) is 7.05 Å². The molecule has 0 saturated heterocycles. The van der Waals surface area contributed by atoms with E-state index in [2.05, 4.69) is 25.6 Å². The molecule has 27 heavy (non-hydrogen) atoms. The zero-order chi connectivity index (χ0) is 18.6. The molecule has 0 spiro atoms. The van der Waals surface area contributed by atoms with E-state index in [0.29, 0.717) is 12.2 Å². The highest BCUT2D eigenvalue weighted by Gasteiger charge is 2.13. The summed E-state index contributed by atoms with van der Waals surface area (Å²) in [7, 11) is 1.86. The topological polar surface area (TPSA) is 88.5 Å². The molecule has 0 saturated carbocycles. The number of aryl methyl sites for hydroxylation is 1. The molecule has 2 N–H and O–H groups in total. The van der Waals surface area contributed by atoms with Crippen LogP contribution >= 0.6 is 0 Å². The molecule has 0 aliphatic rings. The molecule has 7 heteroatoms. The Bertz CT molecular complexity index is 1070. The van der Waals surface area contributed by atoms with Crippen molar-refractivity contribution in [1.29, 1.82) is 0 Å². The van der Waals surface area contributed by atoms with Gasteiger partial charge in [-0.25, -0.2) is 0 Å².